The largest absolute Gasteiger partial charge is 0.334 e. The molecule has 2 fully saturated rings. The first-order valence-corrected chi connectivity index (χ1v) is 8.56. The summed E-state index contributed by atoms with van der Waals surface area (Å²) in [6, 6.07) is 14.2. The highest BCUT2D eigenvalue weighted by Crippen LogP contribution is 2.50. The standard InChI is InChI=1S/C19H19ClN2O/c20-14-5-3-4-13(10-14)17-11-18(17)19(23)22(16-7-8-16)12-15-6-1-2-9-21-15/h1-6,9-10,16-18H,7-8,11-12H2. The molecular formula is C19H19ClN2O. The van der Waals surface area contributed by atoms with Crippen LogP contribution in [-0.4, -0.2) is 21.8 Å². The highest BCUT2D eigenvalue weighted by Gasteiger charge is 2.48. The van der Waals surface area contributed by atoms with Crippen LogP contribution >= 0.6 is 11.6 Å². The van der Waals surface area contributed by atoms with E-state index in [9.17, 15) is 4.79 Å². The van der Waals surface area contributed by atoms with Gasteiger partial charge in [0.1, 0.15) is 0 Å². The third-order valence-electron chi connectivity index (χ3n) is 4.71. The van der Waals surface area contributed by atoms with Gasteiger partial charge in [-0.15, -0.1) is 0 Å². The van der Waals surface area contributed by atoms with Crippen LogP contribution in [0.1, 0.15) is 36.4 Å². The first-order chi connectivity index (χ1) is 11.2. The van der Waals surface area contributed by atoms with Crippen LogP contribution in [0.3, 0.4) is 0 Å². The van der Waals surface area contributed by atoms with E-state index in [2.05, 4.69) is 11.1 Å². The molecule has 2 aromatic rings. The van der Waals surface area contributed by atoms with Crippen molar-refractivity contribution in [1.29, 1.82) is 0 Å². The van der Waals surface area contributed by atoms with Crippen LogP contribution in [-0.2, 0) is 11.3 Å². The molecule has 3 nitrogen and oxygen atoms in total. The van der Waals surface area contributed by atoms with Crippen LogP contribution in [0.25, 0.3) is 0 Å². The molecule has 1 amide bonds. The van der Waals surface area contributed by atoms with Gasteiger partial charge in [-0.1, -0.05) is 29.8 Å². The molecule has 0 spiro atoms. The number of aromatic nitrogens is 1. The summed E-state index contributed by atoms with van der Waals surface area (Å²) in [5.41, 5.74) is 2.15. The number of hydrogen-bond acceptors (Lipinski definition) is 2. The molecular weight excluding hydrogens is 308 g/mol. The smallest absolute Gasteiger partial charge is 0.226 e. The molecule has 0 radical (unpaired) electrons. The number of hydrogen-bond donors (Lipinski definition) is 0. The highest BCUT2D eigenvalue weighted by atomic mass is 35.5. The minimum Gasteiger partial charge on any atom is -0.334 e. The summed E-state index contributed by atoms with van der Waals surface area (Å²) in [6.45, 7) is 0.628. The van der Waals surface area contributed by atoms with E-state index < -0.39 is 0 Å². The van der Waals surface area contributed by atoms with Crippen molar-refractivity contribution in [2.75, 3.05) is 0 Å². The van der Waals surface area contributed by atoms with Crippen molar-refractivity contribution in [1.82, 2.24) is 9.88 Å². The average Bonchev–Trinajstić information content (AvgIpc) is 3.47. The quantitative estimate of drug-likeness (QED) is 0.831. The summed E-state index contributed by atoms with van der Waals surface area (Å²) in [4.78, 5) is 19.3. The second-order valence-electron chi connectivity index (χ2n) is 6.52. The molecule has 1 aromatic heterocycles. The van der Waals surface area contributed by atoms with E-state index in [1.807, 2.05) is 41.3 Å². The SMILES string of the molecule is O=C(C1CC1c1cccc(Cl)c1)N(Cc1ccccn1)C1CC1. The van der Waals surface area contributed by atoms with Crippen molar-refractivity contribution in [3.63, 3.8) is 0 Å². The molecule has 0 saturated heterocycles. The van der Waals surface area contributed by atoms with E-state index >= 15 is 0 Å². The normalized spacial score (nSPS) is 22.7. The maximum Gasteiger partial charge on any atom is 0.226 e. The van der Waals surface area contributed by atoms with E-state index in [-0.39, 0.29) is 11.8 Å². The lowest BCUT2D eigenvalue weighted by atomic mass is 10.1. The van der Waals surface area contributed by atoms with Crippen molar-refractivity contribution in [3.05, 3.63) is 64.9 Å². The Morgan fingerprint density at radius 1 is 1.22 bits per heavy atom. The number of benzene rings is 1. The van der Waals surface area contributed by atoms with Crippen molar-refractivity contribution >= 4 is 17.5 Å². The molecule has 2 unspecified atom stereocenters. The zero-order valence-electron chi connectivity index (χ0n) is 12.9. The summed E-state index contributed by atoms with van der Waals surface area (Å²) < 4.78 is 0. The summed E-state index contributed by atoms with van der Waals surface area (Å²) in [5, 5.41) is 0.744. The fraction of sp³-hybridized carbons (Fsp3) is 0.368. The third-order valence-corrected chi connectivity index (χ3v) is 4.95. The van der Waals surface area contributed by atoms with E-state index in [4.69, 9.17) is 11.6 Å². The second kappa shape index (κ2) is 5.97. The van der Waals surface area contributed by atoms with Gasteiger partial charge in [0.05, 0.1) is 12.2 Å². The topological polar surface area (TPSA) is 33.2 Å². The molecule has 1 heterocycles. The Labute approximate surface area is 141 Å². The van der Waals surface area contributed by atoms with Crippen LogP contribution < -0.4 is 0 Å². The molecule has 1 aromatic carbocycles. The second-order valence-corrected chi connectivity index (χ2v) is 6.96. The molecule has 0 bridgehead atoms. The van der Waals surface area contributed by atoms with Crippen LogP contribution in [0.4, 0.5) is 0 Å². The van der Waals surface area contributed by atoms with Gasteiger partial charge in [0.2, 0.25) is 5.91 Å². The van der Waals surface area contributed by atoms with Gasteiger partial charge in [-0.25, -0.2) is 0 Å². The fourth-order valence-corrected chi connectivity index (χ4v) is 3.42. The Bertz CT molecular complexity index is 714. The van der Waals surface area contributed by atoms with Crippen LogP contribution in [0.2, 0.25) is 5.02 Å². The van der Waals surface area contributed by atoms with Crippen molar-refractivity contribution in [2.45, 2.75) is 37.8 Å². The molecule has 0 N–H and O–H groups in total. The van der Waals surface area contributed by atoms with E-state index in [1.54, 1.807) is 6.20 Å². The molecule has 23 heavy (non-hydrogen) atoms. The zero-order valence-corrected chi connectivity index (χ0v) is 13.6. The monoisotopic (exact) mass is 326 g/mol. The van der Waals surface area contributed by atoms with Gasteiger partial charge >= 0.3 is 0 Å². The fourth-order valence-electron chi connectivity index (χ4n) is 3.23. The summed E-state index contributed by atoms with van der Waals surface area (Å²) in [7, 11) is 0. The van der Waals surface area contributed by atoms with E-state index in [1.165, 1.54) is 5.56 Å². The number of nitrogens with zero attached hydrogens (tertiary/aromatic N) is 2. The maximum absolute atomic E-state index is 12.9. The first kappa shape index (κ1) is 14.7. The maximum atomic E-state index is 12.9. The van der Waals surface area contributed by atoms with E-state index in [0.717, 1.165) is 30.0 Å². The molecule has 2 atom stereocenters. The highest BCUT2D eigenvalue weighted by molar-refractivity contribution is 6.30. The van der Waals surface area contributed by atoms with Gasteiger partial charge < -0.3 is 4.90 Å². The van der Waals surface area contributed by atoms with Gasteiger partial charge in [0.25, 0.3) is 0 Å². The molecule has 2 aliphatic rings. The first-order valence-electron chi connectivity index (χ1n) is 8.18. The van der Waals surface area contributed by atoms with Crippen molar-refractivity contribution in [2.24, 2.45) is 5.92 Å². The number of halogens is 1. The lowest BCUT2D eigenvalue weighted by Gasteiger charge is -2.22. The molecule has 2 aliphatic carbocycles. The Balaban J connectivity index is 1.47. The summed E-state index contributed by atoms with van der Waals surface area (Å²) in [6.07, 6.45) is 4.96. The zero-order chi connectivity index (χ0) is 15.8. The minimum absolute atomic E-state index is 0.109. The number of carbonyl (C=O) groups excluding carboxylic acids is 1. The predicted octanol–water partition coefficient (Wildman–Crippen LogP) is 4.03. The molecule has 118 valence electrons. The number of carbonyl (C=O) groups is 1. The van der Waals surface area contributed by atoms with Crippen molar-refractivity contribution < 1.29 is 4.79 Å². The molecule has 0 aliphatic heterocycles. The lowest BCUT2D eigenvalue weighted by molar-refractivity contribution is -0.134. The lowest BCUT2D eigenvalue weighted by Crippen LogP contribution is -2.34. The van der Waals surface area contributed by atoms with Gasteiger partial charge in [0.15, 0.2) is 0 Å². The summed E-state index contributed by atoms with van der Waals surface area (Å²) >= 11 is 6.07. The number of rotatable bonds is 5. The Kier molecular flexibility index (Phi) is 3.82. The third kappa shape index (κ3) is 3.25. The van der Waals surface area contributed by atoms with Gasteiger partial charge in [0, 0.05) is 23.2 Å². The Hall–Kier alpha value is -1.87. The van der Waals surface area contributed by atoms with Crippen LogP contribution in [0.15, 0.2) is 48.7 Å². The Morgan fingerprint density at radius 3 is 2.78 bits per heavy atom. The van der Waals surface area contributed by atoms with Gasteiger partial charge in [-0.05, 0) is 55.0 Å². The predicted molar refractivity (Wildman–Crippen MR) is 90.1 cm³/mol. The molecule has 4 rings (SSSR count). The molecule has 4 heteroatoms. The average molecular weight is 327 g/mol. The van der Waals surface area contributed by atoms with Gasteiger partial charge in [-0.3, -0.25) is 9.78 Å². The van der Waals surface area contributed by atoms with Crippen LogP contribution in [0.5, 0.6) is 0 Å². The Morgan fingerprint density at radius 2 is 2.09 bits per heavy atom. The molecule has 2 saturated carbocycles. The van der Waals surface area contributed by atoms with Gasteiger partial charge in [-0.2, -0.15) is 0 Å². The van der Waals surface area contributed by atoms with E-state index in [0.29, 0.717) is 18.5 Å². The number of pyridine rings is 1. The number of amides is 1. The van der Waals surface area contributed by atoms with Crippen molar-refractivity contribution in [3.8, 4) is 0 Å². The van der Waals surface area contributed by atoms with Crippen LogP contribution in [0, 0.1) is 5.92 Å². The minimum atomic E-state index is 0.109. The summed E-state index contributed by atoms with van der Waals surface area (Å²) in [5.74, 6) is 0.715.